The van der Waals surface area contributed by atoms with Crippen molar-refractivity contribution in [2.45, 2.75) is 63.5 Å². The van der Waals surface area contributed by atoms with E-state index < -0.39 is 0 Å². The molecule has 3 unspecified atom stereocenters. The molecule has 3 nitrogen and oxygen atoms in total. The minimum atomic E-state index is 0.771. The maximum atomic E-state index is 5.46. The van der Waals surface area contributed by atoms with Gasteiger partial charge in [0.25, 0.3) is 0 Å². The predicted octanol–water partition coefficient (Wildman–Crippen LogP) is 2.31. The molecule has 3 aliphatic rings. The number of nitrogens with one attached hydrogen (secondary N) is 2. The first-order valence-corrected chi connectivity index (χ1v) is 8.48. The lowest BCUT2D eigenvalue weighted by Gasteiger charge is -2.37. The Morgan fingerprint density at radius 2 is 1.79 bits per heavy atom. The fourth-order valence-corrected chi connectivity index (χ4v) is 4.24. The number of ether oxygens (including phenoxy) is 1. The van der Waals surface area contributed by atoms with Crippen LogP contribution in [0.15, 0.2) is 0 Å². The molecule has 0 spiro atoms. The molecule has 3 rings (SSSR count). The van der Waals surface area contributed by atoms with Crippen LogP contribution in [-0.2, 0) is 4.74 Å². The van der Waals surface area contributed by atoms with Gasteiger partial charge in [0.1, 0.15) is 0 Å². The smallest absolute Gasteiger partial charge is 0.0469 e. The Morgan fingerprint density at radius 3 is 2.58 bits per heavy atom. The molecule has 0 amide bonds. The second kappa shape index (κ2) is 7.05. The fraction of sp³-hybridized carbons (Fsp3) is 1.00. The molecule has 0 aromatic rings. The summed E-state index contributed by atoms with van der Waals surface area (Å²) in [7, 11) is 0. The maximum absolute atomic E-state index is 5.46. The first kappa shape index (κ1) is 13.8. The van der Waals surface area contributed by atoms with Gasteiger partial charge in [0.15, 0.2) is 0 Å². The molecule has 0 aromatic carbocycles. The summed E-state index contributed by atoms with van der Waals surface area (Å²) >= 11 is 0. The Kier molecular flexibility index (Phi) is 5.14. The van der Waals surface area contributed by atoms with Crippen LogP contribution in [0.3, 0.4) is 0 Å². The lowest BCUT2D eigenvalue weighted by atomic mass is 9.79. The Bertz CT molecular complexity index is 259. The Labute approximate surface area is 117 Å². The summed E-state index contributed by atoms with van der Waals surface area (Å²) in [5.74, 6) is 1.74. The van der Waals surface area contributed by atoms with Crippen molar-refractivity contribution in [3.05, 3.63) is 0 Å². The third-order valence-corrected chi connectivity index (χ3v) is 5.44. The molecular formula is C16H30N2O. The van der Waals surface area contributed by atoms with E-state index in [1.165, 1.54) is 64.5 Å². The van der Waals surface area contributed by atoms with E-state index in [-0.39, 0.29) is 0 Å². The number of rotatable bonds is 4. The highest BCUT2D eigenvalue weighted by Crippen LogP contribution is 2.31. The molecule has 3 fully saturated rings. The van der Waals surface area contributed by atoms with Crippen molar-refractivity contribution in [3.8, 4) is 0 Å². The molecule has 3 heteroatoms. The summed E-state index contributed by atoms with van der Waals surface area (Å²) < 4.78 is 5.46. The van der Waals surface area contributed by atoms with E-state index in [0.717, 1.165) is 37.1 Å². The predicted molar refractivity (Wildman–Crippen MR) is 78.3 cm³/mol. The molecule has 0 bridgehead atoms. The highest BCUT2D eigenvalue weighted by Gasteiger charge is 2.33. The molecule has 1 saturated carbocycles. The van der Waals surface area contributed by atoms with Gasteiger partial charge in [0.2, 0.25) is 0 Å². The van der Waals surface area contributed by atoms with Crippen LogP contribution >= 0.6 is 0 Å². The fourth-order valence-electron chi connectivity index (χ4n) is 4.24. The highest BCUT2D eigenvalue weighted by atomic mass is 16.5. The molecule has 0 aromatic heterocycles. The molecule has 110 valence electrons. The zero-order valence-corrected chi connectivity index (χ0v) is 12.2. The van der Waals surface area contributed by atoms with Gasteiger partial charge in [0.05, 0.1) is 0 Å². The van der Waals surface area contributed by atoms with Gasteiger partial charge in [-0.25, -0.2) is 0 Å². The van der Waals surface area contributed by atoms with Gasteiger partial charge in [-0.3, -0.25) is 0 Å². The summed E-state index contributed by atoms with van der Waals surface area (Å²) in [5, 5.41) is 7.66. The molecule has 2 saturated heterocycles. The van der Waals surface area contributed by atoms with E-state index in [0.29, 0.717) is 0 Å². The van der Waals surface area contributed by atoms with Gasteiger partial charge in [-0.2, -0.15) is 0 Å². The third kappa shape index (κ3) is 3.71. The lowest BCUT2D eigenvalue weighted by molar-refractivity contribution is 0.0633. The van der Waals surface area contributed by atoms with E-state index in [9.17, 15) is 0 Å². The van der Waals surface area contributed by atoms with Crippen molar-refractivity contribution in [1.82, 2.24) is 10.6 Å². The normalized spacial score (nSPS) is 37.6. The quantitative estimate of drug-likeness (QED) is 0.819. The second-order valence-electron chi connectivity index (χ2n) is 6.72. The van der Waals surface area contributed by atoms with Crippen LogP contribution in [0.4, 0.5) is 0 Å². The third-order valence-electron chi connectivity index (χ3n) is 5.44. The molecule has 3 atom stereocenters. The minimum absolute atomic E-state index is 0.771. The molecule has 2 heterocycles. The monoisotopic (exact) mass is 266 g/mol. The van der Waals surface area contributed by atoms with Crippen molar-refractivity contribution in [3.63, 3.8) is 0 Å². The Morgan fingerprint density at radius 1 is 0.947 bits per heavy atom. The summed E-state index contributed by atoms with van der Waals surface area (Å²) in [6.07, 6.45) is 11.0. The lowest BCUT2D eigenvalue weighted by Crippen LogP contribution is -2.48. The largest absolute Gasteiger partial charge is 0.381 e. The van der Waals surface area contributed by atoms with E-state index >= 15 is 0 Å². The van der Waals surface area contributed by atoms with Crippen LogP contribution in [0.25, 0.3) is 0 Å². The SMILES string of the molecule is C1CNC(C2CCCCC2NCC2CCOCC2)C1. The van der Waals surface area contributed by atoms with Crippen molar-refractivity contribution in [2.75, 3.05) is 26.3 Å². The van der Waals surface area contributed by atoms with E-state index in [1.54, 1.807) is 0 Å². The number of hydrogen-bond donors (Lipinski definition) is 2. The van der Waals surface area contributed by atoms with E-state index in [2.05, 4.69) is 10.6 Å². The van der Waals surface area contributed by atoms with Crippen LogP contribution in [0.5, 0.6) is 0 Å². The van der Waals surface area contributed by atoms with Crippen molar-refractivity contribution < 1.29 is 4.74 Å². The molecule has 2 N–H and O–H groups in total. The minimum Gasteiger partial charge on any atom is -0.381 e. The zero-order chi connectivity index (χ0) is 12.9. The van der Waals surface area contributed by atoms with Crippen LogP contribution in [0, 0.1) is 11.8 Å². The van der Waals surface area contributed by atoms with Gasteiger partial charge in [-0.15, -0.1) is 0 Å². The average Bonchev–Trinajstić information content (AvgIpc) is 3.01. The van der Waals surface area contributed by atoms with Crippen molar-refractivity contribution in [1.29, 1.82) is 0 Å². The van der Waals surface area contributed by atoms with Crippen molar-refractivity contribution in [2.24, 2.45) is 11.8 Å². The van der Waals surface area contributed by atoms with Gasteiger partial charge in [0, 0.05) is 25.3 Å². The standard InChI is InChI=1S/C16H30N2O/c1-2-5-16(14(4-1)15-6-3-9-17-15)18-12-13-7-10-19-11-8-13/h13-18H,1-12H2. The average molecular weight is 266 g/mol. The van der Waals surface area contributed by atoms with Crippen LogP contribution < -0.4 is 10.6 Å². The summed E-state index contributed by atoms with van der Waals surface area (Å²) in [6.45, 7) is 4.42. The summed E-state index contributed by atoms with van der Waals surface area (Å²) in [5.41, 5.74) is 0. The van der Waals surface area contributed by atoms with E-state index in [1.807, 2.05) is 0 Å². The van der Waals surface area contributed by atoms with Gasteiger partial charge >= 0.3 is 0 Å². The van der Waals surface area contributed by atoms with Crippen LogP contribution in [0.1, 0.15) is 51.4 Å². The Hall–Kier alpha value is -0.120. The number of hydrogen-bond acceptors (Lipinski definition) is 3. The van der Waals surface area contributed by atoms with Gasteiger partial charge in [-0.1, -0.05) is 12.8 Å². The van der Waals surface area contributed by atoms with E-state index in [4.69, 9.17) is 4.74 Å². The van der Waals surface area contributed by atoms with Crippen LogP contribution in [-0.4, -0.2) is 38.4 Å². The molecule has 2 aliphatic heterocycles. The zero-order valence-electron chi connectivity index (χ0n) is 12.2. The second-order valence-corrected chi connectivity index (χ2v) is 6.72. The summed E-state index contributed by atoms with van der Waals surface area (Å²) in [6, 6.07) is 1.57. The first-order valence-electron chi connectivity index (χ1n) is 8.48. The molecule has 19 heavy (non-hydrogen) atoms. The van der Waals surface area contributed by atoms with Gasteiger partial charge < -0.3 is 15.4 Å². The molecule has 1 aliphatic carbocycles. The Balaban J connectivity index is 1.48. The highest BCUT2D eigenvalue weighted by molar-refractivity contribution is 4.91. The van der Waals surface area contributed by atoms with Gasteiger partial charge in [-0.05, 0) is 63.5 Å². The molecular weight excluding hydrogens is 236 g/mol. The van der Waals surface area contributed by atoms with Crippen molar-refractivity contribution >= 4 is 0 Å². The molecule has 0 radical (unpaired) electrons. The summed E-state index contributed by atoms with van der Waals surface area (Å²) in [4.78, 5) is 0. The topological polar surface area (TPSA) is 33.3 Å². The first-order chi connectivity index (χ1) is 9.43. The van der Waals surface area contributed by atoms with Crippen LogP contribution in [0.2, 0.25) is 0 Å². The maximum Gasteiger partial charge on any atom is 0.0469 e.